The van der Waals surface area contributed by atoms with Crippen LogP contribution in [0.4, 0.5) is 0 Å². The second-order valence-electron chi connectivity index (χ2n) is 4.30. The molecule has 1 aromatic heterocycles. The molecule has 0 radical (unpaired) electrons. The van der Waals surface area contributed by atoms with E-state index in [0.717, 1.165) is 12.2 Å². The van der Waals surface area contributed by atoms with E-state index >= 15 is 0 Å². The first kappa shape index (κ1) is 11.1. The maximum Gasteiger partial charge on any atom is 0.293 e. The monoisotopic (exact) mass is 273 g/mol. The van der Waals surface area contributed by atoms with Gasteiger partial charge in [0.15, 0.2) is 5.82 Å². The van der Waals surface area contributed by atoms with E-state index in [4.69, 9.17) is 4.52 Å². The topological polar surface area (TPSA) is 42.2 Å². The zero-order valence-electron chi connectivity index (χ0n) is 9.11. The zero-order chi connectivity index (χ0) is 10.8. The summed E-state index contributed by atoms with van der Waals surface area (Å²) in [5.41, 5.74) is 0. The van der Waals surface area contributed by atoms with Crippen LogP contribution in [0.15, 0.2) is 9.32 Å². The fourth-order valence-electron chi connectivity index (χ4n) is 2.28. The molecule has 1 fully saturated rings. The van der Waals surface area contributed by atoms with Crippen molar-refractivity contribution in [1.29, 1.82) is 0 Å². The minimum Gasteiger partial charge on any atom is -0.327 e. The number of nitrogens with zero attached hydrogens (tertiary/aromatic N) is 3. The van der Waals surface area contributed by atoms with E-state index in [-0.39, 0.29) is 0 Å². The molecule has 0 bridgehead atoms. The molecule has 1 aliphatic rings. The number of likely N-dealkylation sites (tertiary alicyclic amines) is 1. The first-order valence-electron chi connectivity index (χ1n) is 5.40. The van der Waals surface area contributed by atoms with Gasteiger partial charge in [-0.1, -0.05) is 5.16 Å². The van der Waals surface area contributed by atoms with Crippen molar-refractivity contribution >= 4 is 15.9 Å². The molecule has 1 saturated heterocycles. The van der Waals surface area contributed by atoms with Crippen molar-refractivity contribution in [3.8, 4) is 0 Å². The lowest BCUT2D eigenvalue weighted by Crippen LogP contribution is -2.36. The van der Waals surface area contributed by atoms with Crippen molar-refractivity contribution in [1.82, 2.24) is 15.0 Å². The summed E-state index contributed by atoms with van der Waals surface area (Å²) in [5, 5.41) is 3.91. The average Bonchev–Trinajstić information content (AvgIpc) is 2.75. The highest BCUT2D eigenvalue weighted by Gasteiger charge is 2.27. The quantitative estimate of drug-likeness (QED) is 0.847. The van der Waals surface area contributed by atoms with Crippen molar-refractivity contribution in [2.75, 3.05) is 6.54 Å². The van der Waals surface area contributed by atoms with Gasteiger partial charge in [-0.05, 0) is 33.2 Å². The third kappa shape index (κ3) is 2.58. The highest BCUT2D eigenvalue weighted by Crippen LogP contribution is 2.22. The molecule has 1 unspecified atom stereocenters. The van der Waals surface area contributed by atoms with Crippen LogP contribution in [0.2, 0.25) is 0 Å². The van der Waals surface area contributed by atoms with Crippen LogP contribution in [-0.4, -0.2) is 33.7 Å². The van der Waals surface area contributed by atoms with Gasteiger partial charge in [0.2, 0.25) is 0 Å². The van der Waals surface area contributed by atoms with Crippen molar-refractivity contribution in [3.05, 3.63) is 10.6 Å². The molecular weight excluding hydrogens is 258 g/mol. The lowest BCUT2D eigenvalue weighted by molar-refractivity contribution is 0.200. The highest BCUT2D eigenvalue weighted by atomic mass is 79.9. The molecule has 2 heterocycles. The Morgan fingerprint density at radius 2 is 2.40 bits per heavy atom. The maximum atomic E-state index is 4.91. The first-order valence-corrected chi connectivity index (χ1v) is 6.20. The molecule has 84 valence electrons. The van der Waals surface area contributed by atoms with Gasteiger partial charge in [0, 0.05) is 34.4 Å². The Hall–Kier alpha value is -0.420. The molecule has 0 aromatic carbocycles. The number of hydrogen-bond donors (Lipinski definition) is 0. The second-order valence-corrected chi connectivity index (χ2v) is 4.97. The van der Waals surface area contributed by atoms with Crippen LogP contribution in [0.5, 0.6) is 0 Å². The van der Waals surface area contributed by atoms with Crippen LogP contribution >= 0.6 is 15.9 Å². The average molecular weight is 274 g/mol. The molecule has 2 rings (SSSR count). The van der Waals surface area contributed by atoms with Crippen LogP contribution in [0.3, 0.4) is 0 Å². The fraction of sp³-hybridized carbons (Fsp3) is 0.800. The Morgan fingerprint density at radius 1 is 1.60 bits per heavy atom. The van der Waals surface area contributed by atoms with Crippen LogP contribution in [-0.2, 0) is 6.42 Å². The minimum absolute atomic E-state index is 0.478. The van der Waals surface area contributed by atoms with Crippen molar-refractivity contribution in [3.63, 3.8) is 0 Å². The van der Waals surface area contributed by atoms with Crippen LogP contribution in [0.25, 0.3) is 0 Å². The third-order valence-corrected chi connectivity index (χ3v) is 3.27. The smallest absolute Gasteiger partial charge is 0.293 e. The fourth-order valence-corrected chi connectivity index (χ4v) is 2.56. The summed E-state index contributed by atoms with van der Waals surface area (Å²) >= 11 is 3.17. The van der Waals surface area contributed by atoms with Gasteiger partial charge < -0.3 is 4.52 Å². The minimum atomic E-state index is 0.478. The molecule has 15 heavy (non-hydrogen) atoms. The van der Waals surface area contributed by atoms with Gasteiger partial charge in [-0.2, -0.15) is 4.98 Å². The summed E-state index contributed by atoms with van der Waals surface area (Å²) < 4.78 is 4.91. The number of halogens is 1. The van der Waals surface area contributed by atoms with Crippen molar-refractivity contribution < 1.29 is 4.52 Å². The SMILES string of the molecule is CC(C)N1CCCC1Cc1noc(Br)n1. The summed E-state index contributed by atoms with van der Waals surface area (Å²) in [6.45, 7) is 5.68. The van der Waals surface area contributed by atoms with E-state index in [9.17, 15) is 0 Å². The summed E-state index contributed by atoms with van der Waals surface area (Å²) in [5.74, 6) is 0.805. The van der Waals surface area contributed by atoms with Crippen molar-refractivity contribution in [2.45, 2.75) is 45.2 Å². The zero-order valence-corrected chi connectivity index (χ0v) is 10.7. The van der Waals surface area contributed by atoms with Crippen LogP contribution < -0.4 is 0 Å². The van der Waals surface area contributed by atoms with Crippen LogP contribution in [0.1, 0.15) is 32.5 Å². The van der Waals surface area contributed by atoms with Gasteiger partial charge in [-0.3, -0.25) is 4.90 Å². The molecule has 1 aromatic rings. The molecule has 4 nitrogen and oxygen atoms in total. The van der Waals surface area contributed by atoms with E-state index in [1.807, 2.05) is 0 Å². The second kappa shape index (κ2) is 4.61. The number of aromatic nitrogens is 2. The van der Waals surface area contributed by atoms with Crippen molar-refractivity contribution in [2.24, 2.45) is 0 Å². The maximum absolute atomic E-state index is 4.91. The molecule has 1 atom stereocenters. The Bertz CT molecular complexity index is 326. The Morgan fingerprint density at radius 3 is 3.00 bits per heavy atom. The van der Waals surface area contributed by atoms with Gasteiger partial charge in [-0.25, -0.2) is 0 Å². The lowest BCUT2D eigenvalue weighted by atomic mass is 10.1. The summed E-state index contributed by atoms with van der Waals surface area (Å²) in [4.78, 5) is 7.18. The molecule has 0 aliphatic carbocycles. The lowest BCUT2D eigenvalue weighted by Gasteiger charge is -2.27. The number of hydrogen-bond acceptors (Lipinski definition) is 4. The van der Waals surface area contributed by atoms with E-state index in [2.05, 4.69) is 44.8 Å². The van der Waals surface area contributed by atoms with Gasteiger partial charge >= 0.3 is 0 Å². The van der Waals surface area contributed by atoms with E-state index in [0.29, 0.717) is 16.9 Å². The van der Waals surface area contributed by atoms with Crippen LogP contribution in [0, 0.1) is 0 Å². The third-order valence-electron chi connectivity index (χ3n) is 2.95. The van der Waals surface area contributed by atoms with E-state index in [1.54, 1.807) is 0 Å². The largest absolute Gasteiger partial charge is 0.327 e. The predicted molar refractivity (Wildman–Crippen MR) is 60.6 cm³/mol. The Balaban J connectivity index is 1.99. The van der Waals surface area contributed by atoms with E-state index < -0.39 is 0 Å². The van der Waals surface area contributed by atoms with E-state index in [1.165, 1.54) is 19.4 Å². The summed E-state index contributed by atoms with van der Waals surface area (Å²) in [6.07, 6.45) is 3.42. The standard InChI is InChI=1S/C10H16BrN3O/c1-7(2)14-5-3-4-8(14)6-9-12-10(11)15-13-9/h7-8H,3-6H2,1-2H3. The molecule has 5 heteroatoms. The van der Waals surface area contributed by atoms with Gasteiger partial charge in [0.1, 0.15) is 0 Å². The van der Waals surface area contributed by atoms with Gasteiger partial charge in [0.05, 0.1) is 0 Å². The molecular formula is C10H16BrN3O. The normalized spacial score (nSPS) is 22.8. The predicted octanol–water partition coefficient (Wildman–Crippen LogP) is 2.25. The molecule has 0 spiro atoms. The summed E-state index contributed by atoms with van der Waals surface area (Å²) in [6, 6.07) is 1.18. The highest BCUT2D eigenvalue weighted by molar-refractivity contribution is 9.10. The Labute approximate surface area is 98.2 Å². The molecule has 0 amide bonds. The van der Waals surface area contributed by atoms with Gasteiger partial charge in [0.25, 0.3) is 4.80 Å². The molecule has 0 saturated carbocycles. The molecule has 0 N–H and O–H groups in total. The summed E-state index contributed by atoms with van der Waals surface area (Å²) in [7, 11) is 0. The first-order chi connectivity index (χ1) is 7.16. The Kier molecular flexibility index (Phi) is 3.41. The van der Waals surface area contributed by atoms with Gasteiger partial charge in [-0.15, -0.1) is 0 Å². The molecule has 1 aliphatic heterocycles. The number of rotatable bonds is 3.